The first-order valence-corrected chi connectivity index (χ1v) is 8.42. The van der Waals surface area contributed by atoms with Gasteiger partial charge in [0.25, 0.3) is 0 Å². The van der Waals surface area contributed by atoms with Gasteiger partial charge in [0.2, 0.25) is 0 Å². The van der Waals surface area contributed by atoms with Crippen LogP contribution in [-0.4, -0.2) is 13.2 Å². The Morgan fingerprint density at radius 2 is 1.46 bits per heavy atom. The summed E-state index contributed by atoms with van der Waals surface area (Å²) in [5, 5.41) is 2.37. The van der Waals surface area contributed by atoms with Crippen molar-refractivity contribution in [3.63, 3.8) is 0 Å². The van der Waals surface area contributed by atoms with Gasteiger partial charge in [-0.3, -0.25) is 0 Å². The molecule has 0 atom stereocenters. The summed E-state index contributed by atoms with van der Waals surface area (Å²) < 4.78 is 11.5. The van der Waals surface area contributed by atoms with E-state index in [2.05, 4.69) is 37.3 Å². The van der Waals surface area contributed by atoms with E-state index in [0.717, 1.165) is 42.1 Å². The first kappa shape index (κ1) is 16.3. The Labute approximate surface area is 143 Å². The number of hydrogen-bond donors (Lipinski definition) is 1. The Morgan fingerprint density at radius 1 is 0.792 bits per heavy atom. The van der Waals surface area contributed by atoms with Crippen LogP contribution in [0.3, 0.4) is 0 Å². The molecule has 0 amide bonds. The molecule has 0 fully saturated rings. The summed E-state index contributed by atoms with van der Waals surface area (Å²) in [7, 11) is 0. The summed E-state index contributed by atoms with van der Waals surface area (Å²) in [5.74, 6) is 2.50. The maximum Gasteiger partial charge on any atom is 0.128 e. The van der Waals surface area contributed by atoms with Crippen LogP contribution in [-0.2, 0) is 6.42 Å². The fraction of sp³-hybridized carbons (Fsp3) is 0.238. The van der Waals surface area contributed by atoms with Gasteiger partial charge >= 0.3 is 0 Å². The van der Waals surface area contributed by atoms with Crippen LogP contribution in [0.2, 0.25) is 0 Å². The third-order valence-corrected chi connectivity index (χ3v) is 3.84. The number of fused-ring (bicyclic) bond motifs is 1. The molecule has 0 aliphatic rings. The van der Waals surface area contributed by atoms with E-state index in [1.807, 2.05) is 30.3 Å². The highest BCUT2D eigenvalue weighted by molar-refractivity contribution is 5.84. The quantitative estimate of drug-likeness (QED) is 0.671. The number of ether oxygens (including phenoxy) is 2. The monoisotopic (exact) mass is 321 g/mol. The van der Waals surface area contributed by atoms with Crippen molar-refractivity contribution in [2.75, 3.05) is 13.2 Å². The van der Waals surface area contributed by atoms with Gasteiger partial charge in [-0.2, -0.15) is 0 Å². The number of hydrogen-bond acceptors (Lipinski definition) is 3. The molecule has 0 aromatic heterocycles. The summed E-state index contributed by atoms with van der Waals surface area (Å²) in [4.78, 5) is 0. The topological polar surface area (TPSA) is 44.5 Å². The lowest BCUT2D eigenvalue weighted by Crippen LogP contribution is -2.02. The van der Waals surface area contributed by atoms with Crippen molar-refractivity contribution in [2.45, 2.75) is 19.8 Å². The minimum absolute atomic E-state index is 0.671. The molecule has 3 aromatic rings. The molecule has 0 saturated carbocycles. The summed E-state index contributed by atoms with van der Waals surface area (Å²) >= 11 is 0. The van der Waals surface area contributed by atoms with Crippen LogP contribution in [0, 0.1) is 0 Å². The Bertz CT molecular complexity index is 797. The van der Waals surface area contributed by atoms with Gasteiger partial charge < -0.3 is 15.2 Å². The summed E-state index contributed by atoms with van der Waals surface area (Å²) in [6.45, 7) is 3.50. The van der Waals surface area contributed by atoms with Crippen LogP contribution in [0.4, 0.5) is 0 Å². The highest BCUT2D eigenvalue weighted by Gasteiger charge is 2.02. The Hall–Kier alpha value is -2.52. The van der Waals surface area contributed by atoms with Crippen molar-refractivity contribution in [1.82, 2.24) is 0 Å². The Kier molecular flexibility index (Phi) is 5.34. The third-order valence-electron chi connectivity index (χ3n) is 3.84. The average molecular weight is 321 g/mol. The molecule has 3 aromatic carbocycles. The molecule has 24 heavy (non-hydrogen) atoms. The van der Waals surface area contributed by atoms with Gasteiger partial charge in [0.15, 0.2) is 0 Å². The highest BCUT2D eigenvalue weighted by Crippen LogP contribution is 2.27. The van der Waals surface area contributed by atoms with Crippen LogP contribution < -0.4 is 15.2 Å². The molecule has 0 saturated heterocycles. The van der Waals surface area contributed by atoms with E-state index in [9.17, 15) is 0 Å². The van der Waals surface area contributed by atoms with E-state index in [-0.39, 0.29) is 0 Å². The average Bonchev–Trinajstić information content (AvgIpc) is 2.61. The molecule has 0 radical (unpaired) electrons. The van der Waals surface area contributed by atoms with E-state index in [0.29, 0.717) is 6.54 Å². The zero-order chi connectivity index (χ0) is 16.8. The van der Waals surface area contributed by atoms with Crippen LogP contribution in [0.15, 0.2) is 60.7 Å². The first-order valence-electron chi connectivity index (χ1n) is 8.42. The minimum Gasteiger partial charge on any atom is -0.494 e. The Balaban J connectivity index is 1.73. The van der Waals surface area contributed by atoms with Crippen molar-refractivity contribution in [3.05, 3.63) is 66.2 Å². The van der Waals surface area contributed by atoms with Gasteiger partial charge in [0.1, 0.15) is 17.2 Å². The molecule has 0 bridgehead atoms. The number of nitrogens with two attached hydrogens (primary N) is 1. The molecule has 0 heterocycles. The maximum atomic E-state index is 5.95. The molecule has 0 unspecified atom stereocenters. The lowest BCUT2D eigenvalue weighted by Gasteiger charge is -2.09. The number of rotatable bonds is 7. The van der Waals surface area contributed by atoms with E-state index in [1.165, 1.54) is 10.9 Å². The van der Waals surface area contributed by atoms with Gasteiger partial charge in [-0.15, -0.1) is 0 Å². The van der Waals surface area contributed by atoms with Crippen LogP contribution >= 0.6 is 0 Å². The van der Waals surface area contributed by atoms with Crippen molar-refractivity contribution < 1.29 is 9.47 Å². The van der Waals surface area contributed by atoms with Gasteiger partial charge in [0, 0.05) is 0 Å². The fourth-order valence-corrected chi connectivity index (χ4v) is 2.62. The minimum atomic E-state index is 0.671. The maximum absolute atomic E-state index is 5.95. The van der Waals surface area contributed by atoms with Gasteiger partial charge in [-0.1, -0.05) is 31.2 Å². The molecule has 0 spiro atoms. The molecular weight excluding hydrogens is 298 g/mol. The molecule has 124 valence electrons. The second-order valence-corrected chi connectivity index (χ2v) is 5.80. The lowest BCUT2D eigenvalue weighted by molar-refractivity contribution is 0.317. The van der Waals surface area contributed by atoms with E-state index in [1.54, 1.807) is 0 Å². The SMILES string of the molecule is CCCOc1ccc(Oc2ccc3cc(CCN)ccc3c2)cc1. The largest absolute Gasteiger partial charge is 0.494 e. The summed E-state index contributed by atoms with van der Waals surface area (Å²) in [6, 6.07) is 20.3. The predicted molar refractivity (Wildman–Crippen MR) is 99.0 cm³/mol. The van der Waals surface area contributed by atoms with E-state index < -0.39 is 0 Å². The molecular formula is C21H23NO2. The molecule has 3 nitrogen and oxygen atoms in total. The lowest BCUT2D eigenvalue weighted by atomic mass is 10.0. The van der Waals surface area contributed by atoms with Gasteiger partial charge in [-0.25, -0.2) is 0 Å². The van der Waals surface area contributed by atoms with Crippen LogP contribution in [0.25, 0.3) is 10.8 Å². The molecule has 2 N–H and O–H groups in total. The molecule has 3 rings (SSSR count). The van der Waals surface area contributed by atoms with Gasteiger partial charge in [0.05, 0.1) is 6.61 Å². The second-order valence-electron chi connectivity index (χ2n) is 5.80. The zero-order valence-electron chi connectivity index (χ0n) is 14.0. The van der Waals surface area contributed by atoms with Gasteiger partial charge in [-0.05, 0) is 72.1 Å². The molecule has 0 aliphatic heterocycles. The fourth-order valence-electron chi connectivity index (χ4n) is 2.62. The van der Waals surface area contributed by atoms with Crippen molar-refractivity contribution >= 4 is 10.8 Å². The standard InChI is InChI=1S/C21H23NO2/c1-2-13-23-19-7-9-20(10-8-19)24-21-6-5-17-14-16(11-12-22)3-4-18(17)15-21/h3-10,14-15H,2,11-13,22H2,1H3. The van der Waals surface area contributed by atoms with E-state index in [4.69, 9.17) is 15.2 Å². The molecule has 0 aliphatic carbocycles. The second kappa shape index (κ2) is 7.84. The van der Waals surface area contributed by atoms with E-state index >= 15 is 0 Å². The van der Waals surface area contributed by atoms with Crippen LogP contribution in [0.1, 0.15) is 18.9 Å². The highest BCUT2D eigenvalue weighted by atomic mass is 16.5. The smallest absolute Gasteiger partial charge is 0.128 e. The first-order chi connectivity index (χ1) is 11.8. The van der Waals surface area contributed by atoms with Crippen molar-refractivity contribution in [2.24, 2.45) is 5.73 Å². The Morgan fingerprint density at radius 3 is 2.21 bits per heavy atom. The normalized spacial score (nSPS) is 10.8. The van der Waals surface area contributed by atoms with Crippen molar-refractivity contribution in [3.8, 4) is 17.2 Å². The van der Waals surface area contributed by atoms with Crippen LogP contribution in [0.5, 0.6) is 17.2 Å². The number of benzene rings is 3. The summed E-state index contributed by atoms with van der Waals surface area (Å²) in [6.07, 6.45) is 1.91. The third kappa shape index (κ3) is 4.06. The molecule has 3 heteroatoms. The zero-order valence-corrected chi connectivity index (χ0v) is 14.0. The summed E-state index contributed by atoms with van der Waals surface area (Å²) in [5.41, 5.74) is 6.89. The predicted octanol–water partition coefficient (Wildman–Crippen LogP) is 4.92. The van der Waals surface area contributed by atoms with Crippen molar-refractivity contribution in [1.29, 1.82) is 0 Å².